The molecule has 0 aliphatic carbocycles. The van der Waals surface area contributed by atoms with Crippen molar-refractivity contribution < 1.29 is 22.7 Å². The average molecular weight is 261 g/mol. The fourth-order valence-corrected chi connectivity index (χ4v) is 2.33. The van der Waals surface area contributed by atoms with Crippen molar-refractivity contribution in [1.82, 2.24) is 4.31 Å². The van der Waals surface area contributed by atoms with Gasteiger partial charge in [-0.1, -0.05) is 0 Å². The third kappa shape index (κ3) is 3.50. The van der Waals surface area contributed by atoms with Gasteiger partial charge in [0.15, 0.2) is 0 Å². The molecule has 0 aliphatic rings. The van der Waals surface area contributed by atoms with Crippen LogP contribution in [0.4, 0.5) is 4.39 Å². The summed E-state index contributed by atoms with van der Waals surface area (Å²) < 4.78 is 37.3. The van der Waals surface area contributed by atoms with Crippen LogP contribution in [0.3, 0.4) is 0 Å². The van der Waals surface area contributed by atoms with Crippen LogP contribution in [0.2, 0.25) is 0 Å². The molecule has 1 aromatic carbocycles. The molecule has 7 heteroatoms. The first-order valence-corrected chi connectivity index (χ1v) is 6.22. The van der Waals surface area contributed by atoms with Crippen LogP contribution in [0.15, 0.2) is 29.2 Å². The predicted molar refractivity (Wildman–Crippen MR) is 58.5 cm³/mol. The molecule has 1 N–H and O–H groups in total. The number of halogens is 1. The van der Waals surface area contributed by atoms with Crippen molar-refractivity contribution in [2.24, 2.45) is 0 Å². The van der Waals surface area contributed by atoms with Crippen LogP contribution < -0.4 is 0 Å². The summed E-state index contributed by atoms with van der Waals surface area (Å²) in [5.41, 5.74) is 0. The Labute approximate surface area is 98.5 Å². The van der Waals surface area contributed by atoms with E-state index in [-0.39, 0.29) is 17.9 Å². The van der Waals surface area contributed by atoms with E-state index in [0.717, 1.165) is 28.6 Å². The molecule has 1 rings (SSSR count). The molecule has 94 valence electrons. The zero-order valence-corrected chi connectivity index (χ0v) is 9.95. The molecule has 0 atom stereocenters. The SMILES string of the molecule is CN(CCC(=O)O)S(=O)(=O)c1ccc(F)cc1. The molecule has 0 amide bonds. The van der Waals surface area contributed by atoms with Crippen LogP contribution in [0, 0.1) is 5.82 Å². The van der Waals surface area contributed by atoms with Crippen LogP contribution >= 0.6 is 0 Å². The standard InChI is InChI=1S/C10H12FNO4S/c1-12(7-6-10(13)14)17(15,16)9-4-2-8(11)3-5-9/h2-5H,6-7H2,1H3,(H,13,14). The van der Waals surface area contributed by atoms with E-state index in [0.29, 0.717) is 0 Å². The molecule has 5 nitrogen and oxygen atoms in total. The number of carbonyl (C=O) groups is 1. The number of nitrogens with zero attached hydrogens (tertiary/aromatic N) is 1. The summed E-state index contributed by atoms with van der Waals surface area (Å²) in [6, 6.07) is 4.36. The van der Waals surface area contributed by atoms with Gasteiger partial charge in [0.1, 0.15) is 5.82 Å². The lowest BCUT2D eigenvalue weighted by molar-refractivity contribution is -0.137. The normalized spacial score (nSPS) is 11.7. The van der Waals surface area contributed by atoms with Crippen molar-refractivity contribution in [2.75, 3.05) is 13.6 Å². The topological polar surface area (TPSA) is 74.7 Å². The number of carboxylic acid groups (broad SMARTS) is 1. The van der Waals surface area contributed by atoms with Gasteiger partial charge < -0.3 is 5.11 Å². The molecule has 0 spiro atoms. The Kier molecular flexibility index (Phi) is 4.19. The van der Waals surface area contributed by atoms with Crippen LogP contribution in [0.1, 0.15) is 6.42 Å². The lowest BCUT2D eigenvalue weighted by Gasteiger charge is -2.15. The molecular formula is C10H12FNO4S. The lowest BCUT2D eigenvalue weighted by atomic mass is 10.4. The maximum atomic E-state index is 12.6. The second-order valence-corrected chi connectivity index (χ2v) is 5.47. The average Bonchev–Trinajstić information content (AvgIpc) is 2.26. The molecule has 0 fully saturated rings. The van der Waals surface area contributed by atoms with Crippen molar-refractivity contribution in [2.45, 2.75) is 11.3 Å². The van der Waals surface area contributed by atoms with Gasteiger partial charge in [-0.3, -0.25) is 4.79 Å². The lowest BCUT2D eigenvalue weighted by Crippen LogP contribution is -2.29. The Hall–Kier alpha value is -1.47. The van der Waals surface area contributed by atoms with E-state index in [2.05, 4.69) is 0 Å². The molecular weight excluding hydrogens is 249 g/mol. The first kappa shape index (κ1) is 13.6. The van der Waals surface area contributed by atoms with E-state index in [1.807, 2.05) is 0 Å². The van der Waals surface area contributed by atoms with E-state index in [9.17, 15) is 17.6 Å². The molecule has 0 heterocycles. The summed E-state index contributed by atoms with van der Waals surface area (Å²) in [7, 11) is -2.47. The van der Waals surface area contributed by atoms with Crippen molar-refractivity contribution in [3.05, 3.63) is 30.1 Å². The van der Waals surface area contributed by atoms with Gasteiger partial charge in [-0.25, -0.2) is 17.1 Å². The third-order valence-corrected chi connectivity index (χ3v) is 4.03. The fourth-order valence-electron chi connectivity index (χ4n) is 1.16. The number of hydrogen-bond acceptors (Lipinski definition) is 3. The van der Waals surface area contributed by atoms with Crippen molar-refractivity contribution in [1.29, 1.82) is 0 Å². The number of sulfonamides is 1. The van der Waals surface area contributed by atoms with Gasteiger partial charge in [-0.2, -0.15) is 0 Å². The number of benzene rings is 1. The summed E-state index contributed by atoms with van der Waals surface area (Å²) in [6.45, 7) is -0.130. The highest BCUT2D eigenvalue weighted by atomic mass is 32.2. The summed E-state index contributed by atoms with van der Waals surface area (Å²) in [6.07, 6.45) is -0.281. The zero-order valence-electron chi connectivity index (χ0n) is 9.13. The minimum absolute atomic E-state index is 0.0632. The molecule has 0 saturated carbocycles. The maximum Gasteiger partial charge on any atom is 0.304 e. The Bertz CT molecular complexity index is 498. The Morgan fingerprint density at radius 3 is 2.35 bits per heavy atom. The number of aliphatic carboxylic acids is 1. The second kappa shape index (κ2) is 5.24. The van der Waals surface area contributed by atoms with Crippen molar-refractivity contribution in [3.63, 3.8) is 0 Å². The number of carboxylic acids is 1. The highest BCUT2D eigenvalue weighted by Crippen LogP contribution is 2.14. The summed E-state index contributed by atoms with van der Waals surface area (Å²) in [5.74, 6) is -1.61. The summed E-state index contributed by atoms with van der Waals surface area (Å²) >= 11 is 0. The highest BCUT2D eigenvalue weighted by Gasteiger charge is 2.20. The quantitative estimate of drug-likeness (QED) is 0.855. The molecule has 0 bridgehead atoms. The van der Waals surface area contributed by atoms with E-state index >= 15 is 0 Å². The van der Waals surface area contributed by atoms with Crippen molar-refractivity contribution >= 4 is 16.0 Å². The van der Waals surface area contributed by atoms with Crippen LogP contribution in [-0.4, -0.2) is 37.4 Å². The van der Waals surface area contributed by atoms with E-state index < -0.39 is 21.8 Å². The van der Waals surface area contributed by atoms with Gasteiger partial charge in [-0.15, -0.1) is 0 Å². The van der Waals surface area contributed by atoms with Crippen LogP contribution in [0.5, 0.6) is 0 Å². The molecule has 17 heavy (non-hydrogen) atoms. The van der Waals surface area contributed by atoms with E-state index in [4.69, 9.17) is 5.11 Å². The fraction of sp³-hybridized carbons (Fsp3) is 0.300. The predicted octanol–water partition coefficient (Wildman–Crippen LogP) is 0.921. The first-order valence-electron chi connectivity index (χ1n) is 4.78. The Morgan fingerprint density at radius 1 is 1.35 bits per heavy atom. The van der Waals surface area contributed by atoms with Gasteiger partial charge >= 0.3 is 5.97 Å². The smallest absolute Gasteiger partial charge is 0.304 e. The molecule has 0 aliphatic heterocycles. The van der Waals surface area contributed by atoms with Crippen molar-refractivity contribution in [3.8, 4) is 0 Å². The largest absolute Gasteiger partial charge is 0.481 e. The van der Waals surface area contributed by atoms with Crippen LogP contribution in [-0.2, 0) is 14.8 Å². The first-order chi connectivity index (χ1) is 7.84. The summed E-state index contributed by atoms with van der Waals surface area (Å²) in [5, 5.41) is 8.46. The van der Waals surface area contributed by atoms with Gasteiger partial charge in [0.05, 0.1) is 11.3 Å². The van der Waals surface area contributed by atoms with Crippen LogP contribution in [0.25, 0.3) is 0 Å². The summed E-state index contributed by atoms with van der Waals surface area (Å²) in [4.78, 5) is 10.3. The highest BCUT2D eigenvalue weighted by molar-refractivity contribution is 7.89. The van der Waals surface area contributed by atoms with Gasteiger partial charge in [0.2, 0.25) is 10.0 Å². The molecule has 0 saturated heterocycles. The Balaban J connectivity index is 2.87. The molecule has 1 aromatic rings. The van der Waals surface area contributed by atoms with E-state index in [1.54, 1.807) is 0 Å². The minimum Gasteiger partial charge on any atom is -0.481 e. The third-order valence-electron chi connectivity index (χ3n) is 2.16. The number of rotatable bonds is 5. The van der Waals surface area contributed by atoms with Gasteiger partial charge in [-0.05, 0) is 24.3 Å². The molecule has 0 unspecified atom stereocenters. The molecule has 0 radical (unpaired) electrons. The zero-order chi connectivity index (χ0) is 13.1. The van der Waals surface area contributed by atoms with Gasteiger partial charge in [0.25, 0.3) is 0 Å². The second-order valence-electron chi connectivity index (χ2n) is 3.42. The van der Waals surface area contributed by atoms with Gasteiger partial charge in [0, 0.05) is 13.6 Å². The maximum absolute atomic E-state index is 12.6. The molecule has 0 aromatic heterocycles. The monoisotopic (exact) mass is 261 g/mol. The minimum atomic E-state index is -3.75. The number of hydrogen-bond donors (Lipinski definition) is 1. The van der Waals surface area contributed by atoms with E-state index in [1.165, 1.54) is 7.05 Å². The Morgan fingerprint density at radius 2 is 1.88 bits per heavy atom.